The number of hydrogen-bond donors (Lipinski definition) is 0. The topological polar surface area (TPSA) is 26.3 Å². The van der Waals surface area contributed by atoms with Gasteiger partial charge in [-0.2, -0.15) is 0 Å². The number of unbranched alkanes of at least 4 members (excludes halogenated alkanes) is 5. The van der Waals surface area contributed by atoms with Crippen molar-refractivity contribution < 1.29 is 9.53 Å². The average molecular weight is 224 g/mol. The van der Waals surface area contributed by atoms with Crippen LogP contribution in [-0.2, 0) is 9.53 Å². The summed E-state index contributed by atoms with van der Waals surface area (Å²) in [5.41, 5.74) is 0. The number of carbonyl (C=O) groups excluding carboxylic acids is 1. The van der Waals surface area contributed by atoms with E-state index in [4.69, 9.17) is 4.74 Å². The minimum atomic E-state index is -0.199. The Labute approximate surface area is 99.4 Å². The molecule has 0 aromatic rings. The van der Waals surface area contributed by atoms with E-state index in [1.165, 1.54) is 32.6 Å². The molecule has 0 aliphatic heterocycles. The molecule has 0 radical (unpaired) electrons. The highest BCUT2D eigenvalue weighted by molar-refractivity contribution is 5.65. The van der Waals surface area contributed by atoms with Gasteiger partial charge in [-0.05, 0) is 32.1 Å². The Morgan fingerprint density at radius 2 is 1.69 bits per heavy atom. The summed E-state index contributed by atoms with van der Waals surface area (Å²) in [5.74, 6) is -0.199. The molecule has 0 aliphatic carbocycles. The first-order valence-electron chi connectivity index (χ1n) is 6.16. The minimum Gasteiger partial charge on any atom is -0.466 e. The maximum absolute atomic E-state index is 10.5. The predicted molar refractivity (Wildman–Crippen MR) is 68.3 cm³/mol. The Morgan fingerprint density at radius 1 is 1.06 bits per heavy atom. The van der Waals surface area contributed by atoms with Crippen LogP contribution in [0.4, 0.5) is 0 Å². The molecule has 0 N–H and O–H groups in total. The molecule has 0 spiro atoms. The molecule has 0 fully saturated rings. The molecule has 0 aromatic carbocycles. The van der Waals surface area contributed by atoms with E-state index in [9.17, 15) is 4.79 Å². The minimum absolute atomic E-state index is 0.199. The molecule has 0 bridgehead atoms. The summed E-state index contributed by atoms with van der Waals surface area (Å²) < 4.78 is 4.81. The molecule has 2 heteroatoms. The van der Waals surface area contributed by atoms with E-state index in [0.717, 1.165) is 19.3 Å². The highest BCUT2D eigenvalue weighted by atomic mass is 16.5. The Hall–Kier alpha value is -1.05. The molecule has 16 heavy (non-hydrogen) atoms. The number of carbonyl (C=O) groups is 1. The number of hydrogen-bond acceptors (Lipinski definition) is 2. The lowest BCUT2D eigenvalue weighted by Crippen LogP contribution is -1.98. The first kappa shape index (κ1) is 14.9. The molecule has 0 rings (SSSR count). The zero-order chi connectivity index (χ0) is 12.1. The van der Waals surface area contributed by atoms with E-state index in [1.54, 1.807) is 0 Å². The molecule has 2 nitrogen and oxygen atoms in total. The van der Waals surface area contributed by atoms with Crippen LogP contribution in [0.3, 0.4) is 0 Å². The lowest BCUT2D eigenvalue weighted by Gasteiger charge is -1.98. The monoisotopic (exact) mass is 224 g/mol. The van der Waals surface area contributed by atoms with E-state index in [0.29, 0.717) is 6.61 Å². The molecule has 0 saturated heterocycles. The molecule has 0 atom stereocenters. The van der Waals surface area contributed by atoms with Crippen LogP contribution >= 0.6 is 0 Å². The van der Waals surface area contributed by atoms with E-state index >= 15 is 0 Å². The van der Waals surface area contributed by atoms with Crippen LogP contribution < -0.4 is 0 Å². The summed E-state index contributed by atoms with van der Waals surface area (Å²) >= 11 is 0. The van der Waals surface area contributed by atoms with Crippen molar-refractivity contribution in [2.75, 3.05) is 6.61 Å². The van der Waals surface area contributed by atoms with Crippen molar-refractivity contribution in [2.45, 2.75) is 51.9 Å². The number of esters is 1. The molecule has 0 saturated carbocycles. The van der Waals surface area contributed by atoms with Gasteiger partial charge in [0, 0.05) is 6.92 Å². The Balaban J connectivity index is 3.09. The highest BCUT2D eigenvalue weighted by Gasteiger charge is 1.89. The van der Waals surface area contributed by atoms with Crippen LogP contribution in [-0.4, -0.2) is 12.6 Å². The van der Waals surface area contributed by atoms with Crippen LogP contribution in [0.1, 0.15) is 51.9 Å². The number of allylic oxidation sites excluding steroid dienone is 2. The fourth-order valence-electron chi connectivity index (χ4n) is 1.41. The second kappa shape index (κ2) is 12.0. The fraction of sp³-hybridized carbons (Fsp3) is 0.643. The second-order valence-electron chi connectivity index (χ2n) is 3.88. The summed E-state index contributed by atoms with van der Waals surface area (Å²) in [5, 5.41) is 0. The van der Waals surface area contributed by atoms with Gasteiger partial charge in [-0.3, -0.25) is 4.79 Å². The zero-order valence-corrected chi connectivity index (χ0v) is 10.4. The molecule has 0 heterocycles. The Morgan fingerprint density at radius 3 is 2.31 bits per heavy atom. The van der Waals surface area contributed by atoms with Crippen LogP contribution in [0.2, 0.25) is 0 Å². The number of ether oxygens (including phenoxy) is 1. The lowest BCUT2D eigenvalue weighted by atomic mass is 10.1. The largest absolute Gasteiger partial charge is 0.466 e. The van der Waals surface area contributed by atoms with Crippen LogP contribution in [0, 0.1) is 0 Å². The van der Waals surface area contributed by atoms with Gasteiger partial charge in [0.05, 0.1) is 6.61 Å². The first-order valence-corrected chi connectivity index (χ1v) is 6.16. The van der Waals surface area contributed by atoms with Gasteiger partial charge < -0.3 is 4.74 Å². The molecule has 92 valence electrons. The molecule has 0 unspecified atom stereocenters. The van der Waals surface area contributed by atoms with E-state index in [2.05, 4.69) is 18.7 Å². The summed E-state index contributed by atoms with van der Waals surface area (Å²) in [6.07, 6.45) is 14.5. The summed E-state index contributed by atoms with van der Waals surface area (Å²) in [4.78, 5) is 10.5. The van der Waals surface area contributed by atoms with Crippen LogP contribution in [0.25, 0.3) is 0 Å². The van der Waals surface area contributed by atoms with Crippen molar-refractivity contribution >= 4 is 5.97 Å². The maximum Gasteiger partial charge on any atom is 0.302 e. The summed E-state index contributed by atoms with van der Waals surface area (Å²) in [7, 11) is 0. The third-order valence-electron chi connectivity index (χ3n) is 2.29. The smallest absolute Gasteiger partial charge is 0.302 e. The maximum atomic E-state index is 10.5. The first-order chi connectivity index (χ1) is 7.77. The average Bonchev–Trinajstić information content (AvgIpc) is 2.25. The molecule has 0 aliphatic rings. The third kappa shape index (κ3) is 12.9. The van der Waals surface area contributed by atoms with Crippen LogP contribution in [0.5, 0.6) is 0 Å². The molecule has 0 amide bonds. The van der Waals surface area contributed by atoms with E-state index in [1.807, 2.05) is 6.08 Å². The third-order valence-corrected chi connectivity index (χ3v) is 2.29. The van der Waals surface area contributed by atoms with Crippen molar-refractivity contribution in [3.63, 3.8) is 0 Å². The summed E-state index contributed by atoms with van der Waals surface area (Å²) in [6, 6.07) is 0. The second-order valence-corrected chi connectivity index (χ2v) is 3.88. The van der Waals surface area contributed by atoms with Gasteiger partial charge in [-0.1, -0.05) is 31.1 Å². The quantitative estimate of drug-likeness (QED) is 0.318. The van der Waals surface area contributed by atoms with Gasteiger partial charge in [-0.15, -0.1) is 6.58 Å². The summed E-state index contributed by atoms with van der Waals surface area (Å²) in [6.45, 7) is 5.64. The van der Waals surface area contributed by atoms with Gasteiger partial charge in [0.15, 0.2) is 0 Å². The van der Waals surface area contributed by atoms with Crippen molar-refractivity contribution in [3.8, 4) is 0 Å². The number of rotatable bonds is 10. The van der Waals surface area contributed by atoms with Gasteiger partial charge in [-0.25, -0.2) is 0 Å². The van der Waals surface area contributed by atoms with Crippen molar-refractivity contribution in [3.05, 3.63) is 24.8 Å². The molecule has 0 aromatic heterocycles. The molecular weight excluding hydrogens is 200 g/mol. The SMILES string of the molecule is C=CCCCCCC/C=C\CCOC(C)=O. The van der Waals surface area contributed by atoms with Crippen molar-refractivity contribution in [1.29, 1.82) is 0 Å². The van der Waals surface area contributed by atoms with Gasteiger partial charge >= 0.3 is 5.97 Å². The van der Waals surface area contributed by atoms with Crippen molar-refractivity contribution in [2.24, 2.45) is 0 Å². The fourth-order valence-corrected chi connectivity index (χ4v) is 1.41. The van der Waals surface area contributed by atoms with Crippen LogP contribution in [0.15, 0.2) is 24.8 Å². The highest BCUT2D eigenvalue weighted by Crippen LogP contribution is 2.06. The van der Waals surface area contributed by atoms with Gasteiger partial charge in [0.1, 0.15) is 0 Å². The lowest BCUT2D eigenvalue weighted by molar-refractivity contribution is -0.140. The Kier molecular flexibility index (Phi) is 11.2. The van der Waals surface area contributed by atoms with Gasteiger partial charge in [0.2, 0.25) is 0 Å². The van der Waals surface area contributed by atoms with Gasteiger partial charge in [0.25, 0.3) is 0 Å². The zero-order valence-electron chi connectivity index (χ0n) is 10.4. The van der Waals surface area contributed by atoms with E-state index in [-0.39, 0.29) is 5.97 Å². The Bertz CT molecular complexity index is 207. The standard InChI is InChI=1S/C14H24O2/c1-3-4-5-6-7-8-9-10-11-12-13-16-14(2)15/h3,10-11H,1,4-9,12-13H2,2H3/b11-10-. The predicted octanol–water partition coefficient (Wildman–Crippen LogP) is 4.02. The normalized spacial score (nSPS) is 10.6. The molecular formula is C14H24O2. The van der Waals surface area contributed by atoms with E-state index < -0.39 is 0 Å². The van der Waals surface area contributed by atoms with Crippen molar-refractivity contribution in [1.82, 2.24) is 0 Å².